The van der Waals surface area contributed by atoms with Gasteiger partial charge in [-0.3, -0.25) is 0 Å². The van der Waals surface area contributed by atoms with Gasteiger partial charge in [0.2, 0.25) is 0 Å². The molecular weight excluding hydrogens is 256 g/mol. The smallest absolute Gasteiger partial charge is 0.125 e. The molecule has 0 unspecified atom stereocenters. The molecule has 1 atom stereocenters. The van der Waals surface area contributed by atoms with Gasteiger partial charge in [0.05, 0.1) is 7.11 Å². The molecule has 0 amide bonds. The normalized spacial score (nSPS) is 16.8. The molecule has 1 aromatic rings. The van der Waals surface area contributed by atoms with E-state index in [1.165, 1.54) is 36.0 Å². The Labute approximate surface area is 130 Å². The zero-order chi connectivity index (χ0) is 15.6. The Bertz CT molecular complexity index is 532. The van der Waals surface area contributed by atoms with Crippen LogP contribution in [0.5, 0.6) is 5.75 Å². The SMILES string of the molecule is CC[C@@H](C1=CCCC1)c1cc(C(C)(C)C)cc(C)c1OC. The van der Waals surface area contributed by atoms with E-state index in [0.717, 1.165) is 12.2 Å². The fourth-order valence-electron chi connectivity index (χ4n) is 3.47. The molecule has 1 aliphatic carbocycles. The molecule has 0 bridgehead atoms. The maximum Gasteiger partial charge on any atom is 0.125 e. The molecule has 21 heavy (non-hydrogen) atoms. The van der Waals surface area contributed by atoms with Gasteiger partial charge in [0.25, 0.3) is 0 Å². The molecule has 1 heteroatoms. The molecule has 2 rings (SSSR count). The number of ether oxygens (including phenoxy) is 1. The Morgan fingerprint density at radius 1 is 1.24 bits per heavy atom. The van der Waals surface area contributed by atoms with E-state index < -0.39 is 0 Å². The van der Waals surface area contributed by atoms with Crippen LogP contribution in [0, 0.1) is 6.92 Å². The zero-order valence-corrected chi connectivity index (χ0v) is 14.5. The van der Waals surface area contributed by atoms with E-state index >= 15 is 0 Å². The first-order valence-corrected chi connectivity index (χ1v) is 8.26. The summed E-state index contributed by atoms with van der Waals surface area (Å²) >= 11 is 0. The molecule has 0 aromatic heterocycles. The predicted molar refractivity (Wildman–Crippen MR) is 91.4 cm³/mol. The Kier molecular flexibility index (Phi) is 4.81. The van der Waals surface area contributed by atoms with Crippen LogP contribution in [0.1, 0.15) is 76.0 Å². The Morgan fingerprint density at radius 2 is 1.95 bits per heavy atom. The molecule has 0 fully saturated rings. The van der Waals surface area contributed by atoms with Crippen molar-refractivity contribution >= 4 is 0 Å². The summed E-state index contributed by atoms with van der Waals surface area (Å²) in [7, 11) is 1.80. The molecule has 0 spiro atoms. The lowest BCUT2D eigenvalue weighted by Gasteiger charge is -2.26. The molecule has 1 nitrogen and oxygen atoms in total. The summed E-state index contributed by atoms with van der Waals surface area (Å²) in [6.07, 6.45) is 7.40. The van der Waals surface area contributed by atoms with Crippen LogP contribution in [0.15, 0.2) is 23.8 Å². The van der Waals surface area contributed by atoms with Gasteiger partial charge in [-0.15, -0.1) is 0 Å². The van der Waals surface area contributed by atoms with Crippen LogP contribution in [0.2, 0.25) is 0 Å². The summed E-state index contributed by atoms with van der Waals surface area (Å²) in [4.78, 5) is 0. The Balaban J connectivity index is 2.56. The minimum atomic E-state index is 0.175. The van der Waals surface area contributed by atoms with E-state index in [4.69, 9.17) is 4.74 Å². The first-order valence-electron chi connectivity index (χ1n) is 8.26. The lowest BCUT2D eigenvalue weighted by Crippen LogP contribution is -2.14. The van der Waals surface area contributed by atoms with Gasteiger partial charge in [0.1, 0.15) is 5.75 Å². The lowest BCUT2D eigenvalue weighted by molar-refractivity contribution is 0.402. The summed E-state index contributed by atoms with van der Waals surface area (Å²) in [5.41, 5.74) is 5.85. The van der Waals surface area contributed by atoms with Crippen molar-refractivity contribution in [3.63, 3.8) is 0 Å². The van der Waals surface area contributed by atoms with Gasteiger partial charge >= 0.3 is 0 Å². The highest BCUT2D eigenvalue weighted by Crippen LogP contribution is 2.42. The number of hydrogen-bond acceptors (Lipinski definition) is 1. The third-order valence-electron chi connectivity index (χ3n) is 4.68. The molecule has 0 N–H and O–H groups in total. The monoisotopic (exact) mass is 286 g/mol. The number of allylic oxidation sites excluding steroid dienone is 2. The van der Waals surface area contributed by atoms with Crippen molar-refractivity contribution in [2.24, 2.45) is 0 Å². The van der Waals surface area contributed by atoms with Crippen molar-refractivity contribution < 1.29 is 4.74 Å². The fourth-order valence-corrected chi connectivity index (χ4v) is 3.47. The van der Waals surface area contributed by atoms with Gasteiger partial charge in [-0.2, -0.15) is 0 Å². The van der Waals surface area contributed by atoms with Gasteiger partial charge in [-0.05, 0) is 49.1 Å². The zero-order valence-electron chi connectivity index (χ0n) is 14.5. The first-order chi connectivity index (χ1) is 9.88. The number of hydrogen-bond donors (Lipinski definition) is 0. The molecular formula is C20H30O. The number of methoxy groups -OCH3 is 1. The van der Waals surface area contributed by atoms with Crippen molar-refractivity contribution in [2.45, 2.75) is 71.6 Å². The summed E-state index contributed by atoms with van der Waals surface area (Å²) < 4.78 is 5.76. The highest BCUT2D eigenvalue weighted by Gasteiger charge is 2.24. The average Bonchev–Trinajstić information content (AvgIpc) is 2.92. The van der Waals surface area contributed by atoms with Crippen molar-refractivity contribution in [3.8, 4) is 5.75 Å². The van der Waals surface area contributed by atoms with Crippen molar-refractivity contribution in [3.05, 3.63) is 40.5 Å². The van der Waals surface area contributed by atoms with E-state index in [-0.39, 0.29) is 5.41 Å². The average molecular weight is 286 g/mol. The topological polar surface area (TPSA) is 9.23 Å². The molecule has 116 valence electrons. The van der Waals surface area contributed by atoms with Crippen LogP contribution < -0.4 is 4.74 Å². The van der Waals surface area contributed by atoms with E-state index in [9.17, 15) is 0 Å². The van der Waals surface area contributed by atoms with Crippen LogP contribution in [0.3, 0.4) is 0 Å². The Morgan fingerprint density at radius 3 is 2.43 bits per heavy atom. The highest BCUT2D eigenvalue weighted by atomic mass is 16.5. The second kappa shape index (κ2) is 6.25. The van der Waals surface area contributed by atoms with Gasteiger partial charge in [0, 0.05) is 11.5 Å². The summed E-state index contributed by atoms with van der Waals surface area (Å²) in [6.45, 7) is 11.3. The molecule has 1 aromatic carbocycles. The van der Waals surface area contributed by atoms with Gasteiger partial charge in [-0.25, -0.2) is 0 Å². The van der Waals surface area contributed by atoms with E-state index in [1.54, 1.807) is 12.7 Å². The molecule has 0 saturated carbocycles. The van der Waals surface area contributed by atoms with E-state index in [2.05, 4.69) is 52.8 Å². The molecule has 1 aliphatic rings. The largest absolute Gasteiger partial charge is 0.496 e. The van der Waals surface area contributed by atoms with Crippen LogP contribution in [0.25, 0.3) is 0 Å². The summed E-state index contributed by atoms with van der Waals surface area (Å²) in [6, 6.07) is 4.68. The molecule has 0 heterocycles. The molecule has 0 radical (unpaired) electrons. The maximum atomic E-state index is 5.76. The summed E-state index contributed by atoms with van der Waals surface area (Å²) in [5, 5.41) is 0. The summed E-state index contributed by atoms with van der Waals surface area (Å²) in [5.74, 6) is 1.60. The van der Waals surface area contributed by atoms with Crippen LogP contribution in [-0.2, 0) is 5.41 Å². The Hall–Kier alpha value is -1.24. The number of rotatable bonds is 4. The minimum Gasteiger partial charge on any atom is -0.496 e. The second-order valence-electron chi connectivity index (χ2n) is 7.30. The lowest BCUT2D eigenvalue weighted by atomic mass is 9.80. The van der Waals surface area contributed by atoms with Crippen molar-refractivity contribution in [1.82, 2.24) is 0 Å². The van der Waals surface area contributed by atoms with Crippen LogP contribution in [0.4, 0.5) is 0 Å². The maximum absolute atomic E-state index is 5.76. The van der Waals surface area contributed by atoms with Gasteiger partial charge < -0.3 is 4.74 Å². The van der Waals surface area contributed by atoms with E-state index in [0.29, 0.717) is 5.92 Å². The van der Waals surface area contributed by atoms with Crippen molar-refractivity contribution in [2.75, 3.05) is 7.11 Å². The number of aryl methyl sites for hydroxylation is 1. The van der Waals surface area contributed by atoms with Gasteiger partial charge in [0.15, 0.2) is 0 Å². The predicted octanol–water partition coefficient (Wildman–Crippen LogP) is 5.91. The fraction of sp³-hybridized carbons (Fsp3) is 0.600. The highest BCUT2D eigenvalue weighted by molar-refractivity contribution is 5.50. The first kappa shape index (κ1) is 16.1. The van der Waals surface area contributed by atoms with Crippen LogP contribution >= 0.6 is 0 Å². The third kappa shape index (κ3) is 3.33. The third-order valence-corrected chi connectivity index (χ3v) is 4.68. The quantitative estimate of drug-likeness (QED) is 0.626. The van der Waals surface area contributed by atoms with Crippen molar-refractivity contribution in [1.29, 1.82) is 0 Å². The number of benzene rings is 1. The standard InChI is InChI=1S/C20H30O/c1-7-17(15-10-8-9-11-15)18-13-16(20(3,4)5)12-14(2)19(18)21-6/h10,12-13,17H,7-9,11H2,1-6H3/t17-/m0/s1. The second-order valence-corrected chi connectivity index (χ2v) is 7.30. The van der Waals surface area contributed by atoms with E-state index in [1.807, 2.05) is 0 Å². The molecule has 0 saturated heterocycles. The molecule has 0 aliphatic heterocycles. The minimum absolute atomic E-state index is 0.175. The van der Waals surface area contributed by atoms with Gasteiger partial charge in [-0.1, -0.05) is 51.5 Å². The van der Waals surface area contributed by atoms with Crippen LogP contribution in [-0.4, -0.2) is 7.11 Å².